The summed E-state index contributed by atoms with van der Waals surface area (Å²) in [6.45, 7) is 0. The van der Waals surface area contributed by atoms with E-state index in [0.717, 1.165) is 22.4 Å². The molecular formula is C18H15N5O. The fourth-order valence-corrected chi connectivity index (χ4v) is 2.57. The fourth-order valence-electron chi connectivity index (χ4n) is 2.57. The molecule has 0 aliphatic carbocycles. The van der Waals surface area contributed by atoms with Crippen molar-refractivity contribution in [3.05, 3.63) is 66.5 Å². The van der Waals surface area contributed by atoms with Crippen LogP contribution in [0.4, 0.5) is 5.69 Å². The van der Waals surface area contributed by atoms with Gasteiger partial charge < -0.3 is 10.3 Å². The summed E-state index contributed by atoms with van der Waals surface area (Å²) in [6.07, 6.45) is 1.74. The fraction of sp³-hybridized carbons (Fsp3) is 0.0556. The third kappa shape index (κ3) is 2.65. The molecule has 6 heteroatoms. The standard InChI is InChI=1S/C18H15N5O/c1-23-10-9-16(22-23)18(24)19-13-6-4-5-12(11-13)17-20-14-7-2-3-8-15(14)21-17/h2-11H,1H3,(H,19,24)(H,20,21). The minimum Gasteiger partial charge on any atom is -0.338 e. The van der Waals surface area contributed by atoms with E-state index in [1.54, 1.807) is 24.0 Å². The highest BCUT2D eigenvalue weighted by Crippen LogP contribution is 2.23. The summed E-state index contributed by atoms with van der Waals surface area (Å²) in [7, 11) is 1.78. The van der Waals surface area contributed by atoms with Gasteiger partial charge in [0.1, 0.15) is 5.82 Å². The van der Waals surface area contributed by atoms with Gasteiger partial charge in [0.2, 0.25) is 0 Å². The summed E-state index contributed by atoms with van der Waals surface area (Å²) >= 11 is 0. The van der Waals surface area contributed by atoms with Crippen LogP contribution >= 0.6 is 0 Å². The molecule has 0 atom stereocenters. The van der Waals surface area contributed by atoms with Crippen molar-refractivity contribution < 1.29 is 4.79 Å². The van der Waals surface area contributed by atoms with Crippen molar-refractivity contribution in [2.75, 3.05) is 5.32 Å². The highest BCUT2D eigenvalue weighted by Gasteiger charge is 2.10. The highest BCUT2D eigenvalue weighted by atomic mass is 16.1. The molecule has 2 aromatic carbocycles. The molecule has 0 aliphatic rings. The summed E-state index contributed by atoms with van der Waals surface area (Å²) in [4.78, 5) is 20.1. The van der Waals surface area contributed by atoms with Crippen LogP contribution in [0.1, 0.15) is 10.5 Å². The van der Waals surface area contributed by atoms with Crippen LogP contribution in [0, 0.1) is 0 Å². The third-order valence-electron chi connectivity index (χ3n) is 3.73. The number of anilines is 1. The van der Waals surface area contributed by atoms with E-state index in [9.17, 15) is 4.79 Å². The molecule has 2 heterocycles. The minimum absolute atomic E-state index is 0.239. The van der Waals surface area contributed by atoms with Crippen LogP contribution in [0.25, 0.3) is 22.4 Å². The molecule has 118 valence electrons. The first-order chi connectivity index (χ1) is 11.7. The molecule has 0 saturated carbocycles. The number of fused-ring (bicyclic) bond motifs is 1. The number of hydrogen-bond acceptors (Lipinski definition) is 3. The number of nitrogens with one attached hydrogen (secondary N) is 2. The SMILES string of the molecule is Cn1ccc(C(=O)Nc2cccc(-c3nc4ccccc4[nH]3)c2)n1. The zero-order valence-electron chi connectivity index (χ0n) is 13.0. The first-order valence-corrected chi connectivity index (χ1v) is 7.55. The number of H-pyrrole nitrogens is 1. The van der Waals surface area contributed by atoms with E-state index in [4.69, 9.17) is 0 Å². The van der Waals surface area contributed by atoms with E-state index in [1.807, 2.05) is 48.5 Å². The Morgan fingerprint density at radius 2 is 2.00 bits per heavy atom. The lowest BCUT2D eigenvalue weighted by molar-refractivity contribution is 0.102. The van der Waals surface area contributed by atoms with Crippen molar-refractivity contribution in [1.82, 2.24) is 19.7 Å². The number of aryl methyl sites for hydroxylation is 1. The largest absolute Gasteiger partial charge is 0.338 e. The van der Waals surface area contributed by atoms with E-state index in [0.29, 0.717) is 11.4 Å². The molecule has 6 nitrogen and oxygen atoms in total. The van der Waals surface area contributed by atoms with E-state index in [1.165, 1.54) is 0 Å². The van der Waals surface area contributed by atoms with Crippen molar-refractivity contribution in [2.24, 2.45) is 7.05 Å². The highest BCUT2D eigenvalue weighted by molar-refractivity contribution is 6.03. The van der Waals surface area contributed by atoms with Crippen molar-refractivity contribution >= 4 is 22.6 Å². The van der Waals surface area contributed by atoms with Crippen LogP contribution < -0.4 is 5.32 Å². The molecule has 4 rings (SSSR count). The number of aromatic amines is 1. The van der Waals surface area contributed by atoms with E-state index < -0.39 is 0 Å². The number of carbonyl (C=O) groups is 1. The molecule has 24 heavy (non-hydrogen) atoms. The van der Waals surface area contributed by atoms with Crippen LogP contribution in [0.2, 0.25) is 0 Å². The van der Waals surface area contributed by atoms with Gasteiger partial charge in [0.25, 0.3) is 5.91 Å². The molecule has 2 N–H and O–H groups in total. The first kappa shape index (κ1) is 14.2. The van der Waals surface area contributed by atoms with Gasteiger partial charge >= 0.3 is 0 Å². The lowest BCUT2D eigenvalue weighted by Gasteiger charge is -2.05. The predicted octanol–water partition coefficient (Wildman–Crippen LogP) is 3.22. The van der Waals surface area contributed by atoms with Gasteiger partial charge in [-0.1, -0.05) is 24.3 Å². The molecule has 4 aromatic rings. The quantitative estimate of drug-likeness (QED) is 0.609. The second-order valence-electron chi connectivity index (χ2n) is 5.51. The van der Waals surface area contributed by atoms with Crippen LogP contribution in [-0.4, -0.2) is 25.7 Å². The number of nitrogens with zero attached hydrogens (tertiary/aromatic N) is 3. The Morgan fingerprint density at radius 3 is 2.79 bits per heavy atom. The molecule has 0 unspecified atom stereocenters. The molecule has 0 spiro atoms. The number of carbonyl (C=O) groups excluding carboxylic acids is 1. The maximum Gasteiger partial charge on any atom is 0.276 e. The van der Waals surface area contributed by atoms with Gasteiger partial charge in [-0.2, -0.15) is 5.10 Å². The number of hydrogen-bond donors (Lipinski definition) is 2. The molecule has 1 amide bonds. The predicted molar refractivity (Wildman–Crippen MR) is 92.7 cm³/mol. The molecule has 0 aliphatic heterocycles. The van der Waals surface area contributed by atoms with Crippen molar-refractivity contribution in [3.8, 4) is 11.4 Å². The topological polar surface area (TPSA) is 75.6 Å². The maximum absolute atomic E-state index is 12.2. The normalized spacial score (nSPS) is 10.9. The number of rotatable bonds is 3. The van der Waals surface area contributed by atoms with Gasteiger partial charge in [0.05, 0.1) is 11.0 Å². The van der Waals surface area contributed by atoms with Crippen LogP contribution in [0.3, 0.4) is 0 Å². The summed E-state index contributed by atoms with van der Waals surface area (Å²) in [6, 6.07) is 17.1. The Labute approximate surface area is 138 Å². The number of aromatic nitrogens is 4. The molecule has 0 radical (unpaired) electrons. The molecule has 0 fully saturated rings. The van der Waals surface area contributed by atoms with Gasteiger partial charge in [-0.25, -0.2) is 4.98 Å². The van der Waals surface area contributed by atoms with Gasteiger partial charge in [-0.3, -0.25) is 9.48 Å². The third-order valence-corrected chi connectivity index (χ3v) is 3.73. The molecule has 0 bridgehead atoms. The van der Waals surface area contributed by atoms with Gasteiger partial charge in [-0.15, -0.1) is 0 Å². The van der Waals surface area contributed by atoms with Crippen molar-refractivity contribution in [2.45, 2.75) is 0 Å². The smallest absolute Gasteiger partial charge is 0.276 e. The first-order valence-electron chi connectivity index (χ1n) is 7.55. The lowest BCUT2D eigenvalue weighted by Crippen LogP contribution is -2.13. The van der Waals surface area contributed by atoms with Crippen molar-refractivity contribution in [3.63, 3.8) is 0 Å². The lowest BCUT2D eigenvalue weighted by atomic mass is 10.2. The van der Waals surface area contributed by atoms with Crippen LogP contribution in [0.15, 0.2) is 60.8 Å². The van der Waals surface area contributed by atoms with Crippen LogP contribution in [-0.2, 0) is 7.05 Å². The van der Waals surface area contributed by atoms with Gasteiger partial charge in [0, 0.05) is 24.5 Å². The monoisotopic (exact) mass is 317 g/mol. The zero-order valence-corrected chi connectivity index (χ0v) is 13.0. The Hall–Kier alpha value is -3.41. The average molecular weight is 317 g/mol. The van der Waals surface area contributed by atoms with Gasteiger partial charge in [0.15, 0.2) is 5.69 Å². The Bertz CT molecular complexity index is 998. The molecular weight excluding hydrogens is 302 g/mol. The zero-order chi connectivity index (χ0) is 16.5. The summed E-state index contributed by atoms with van der Waals surface area (Å²) < 4.78 is 1.60. The minimum atomic E-state index is -0.239. The number of imidazole rings is 1. The maximum atomic E-state index is 12.2. The second kappa shape index (κ2) is 5.66. The van der Waals surface area contributed by atoms with Crippen LogP contribution in [0.5, 0.6) is 0 Å². The van der Waals surface area contributed by atoms with E-state index in [-0.39, 0.29) is 5.91 Å². The van der Waals surface area contributed by atoms with E-state index in [2.05, 4.69) is 20.4 Å². The van der Waals surface area contributed by atoms with E-state index >= 15 is 0 Å². The summed E-state index contributed by atoms with van der Waals surface area (Å²) in [5.74, 6) is 0.530. The average Bonchev–Trinajstić information content (AvgIpc) is 3.21. The molecule has 2 aromatic heterocycles. The number of benzene rings is 2. The second-order valence-corrected chi connectivity index (χ2v) is 5.51. The van der Waals surface area contributed by atoms with Gasteiger partial charge in [-0.05, 0) is 30.3 Å². The summed E-state index contributed by atoms with van der Waals surface area (Å²) in [5.41, 5.74) is 3.88. The molecule has 0 saturated heterocycles. The number of para-hydroxylation sites is 2. The Kier molecular flexibility index (Phi) is 3.35. The Morgan fingerprint density at radius 1 is 1.12 bits per heavy atom. The Balaban J connectivity index is 1.62. The van der Waals surface area contributed by atoms with Crippen molar-refractivity contribution in [1.29, 1.82) is 0 Å². The number of amides is 1. The summed E-state index contributed by atoms with van der Waals surface area (Å²) in [5, 5.41) is 6.96.